The van der Waals surface area contributed by atoms with E-state index in [9.17, 15) is 4.39 Å². The zero-order valence-electron chi connectivity index (χ0n) is 8.86. The second-order valence-electron chi connectivity index (χ2n) is 3.75. The maximum absolute atomic E-state index is 12.8. The lowest BCUT2D eigenvalue weighted by Crippen LogP contribution is -2.17. The molecule has 3 heterocycles. The van der Waals surface area contributed by atoms with Gasteiger partial charge in [-0.15, -0.1) is 0 Å². The Labute approximate surface area is 106 Å². The van der Waals surface area contributed by atoms with E-state index in [0.29, 0.717) is 18.9 Å². The van der Waals surface area contributed by atoms with Gasteiger partial charge in [0.05, 0.1) is 41.8 Å². The molecular weight excluding hydrogens is 289 g/mol. The molecule has 6 heteroatoms. The monoisotopic (exact) mass is 297 g/mol. The summed E-state index contributed by atoms with van der Waals surface area (Å²) in [6.07, 6.45) is 1.19. The highest BCUT2D eigenvalue weighted by atomic mass is 79.9. The third-order valence-corrected chi connectivity index (χ3v) is 3.48. The smallest absolute Gasteiger partial charge is 0.141 e. The second kappa shape index (κ2) is 4.19. The van der Waals surface area contributed by atoms with Crippen LogP contribution in [0.3, 0.4) is 0 Å². The van der Waals surface area contributed by atoms with Crippen molar-refractivity contribution in [1.29, 1.82) is 0 Å². The van der Waals surface area contributed by atoms with E-state index in [4.69, 9.17) is 4.74 Å². The first-order chi connectivity index (χ1) is 8.25. The second-order valence-corrected chi connectivity index (χ2v) is 4.54. The topological polar surface area (TPSA) is 39.9 Å². The van der Waals surface area contributed by atoms with Crippen molar-refractivity contribution in [3.8, 4) is 11.4 Å². The Morgan fingerprint density at radius 1 is 1.41 bits per heavy atom. The molecule has 2 aromatic heterocycles. The third-order valence-electron chi connectivity index (χ3n) is 2.65. The summed E-state index contributed by atoms with van der Waals surface area (Å²) in [7, 11) is 0. The number of rotatable bonds is 1. The predicted molar refractivity (Wildman–Crippen MR) is 62.8 cm³/mol. The Bertz CT molecular complexity index is 553. The molecule has 88 valence electrons. The normalized spacial score (nSPS) is 14.7. The van der Waals surface area contributed by atoms with Gasteiger partial charge in [0.25, 0.3) is 0 Å². The fraction of sp³-hybridized carbons (Fsp3) is 0.273. The first-order valence-electron chi connectivity index (χ1n) is 5.20. The molecule has 1 aliphatic heterocycles. The fourth-order valence-electron chi connectivity index (χ4n) is 1.80. The van der Waals surface area contributed by atoms with Crippen molar-refractivity contribution in [1.82, 2.24) is 14.8 Å². The van der Waals surface area contributed by atoms with Crippen LogP contribution in [0.1, 0.15) is 5.69 Å². The van der Waals surface area contributed by atoms with Crippen LogP contribution in [0.5, 0.6) is 0 Å². The molecule has 0 atom stereocenters. The molecule has 2 aromatic rings. The Hall–Kier alpha value is -1.27. The van der Waals surface area contributed by atoms with Crippen molar-refractivity contribution in [3.05, 3.63) is 34.3 Å². The number of aromatic nitrogens is 3. The molecule has 0 amide bonds. The zero-order valence-corrected chi connectivity index (χ0v) is 10.4. The van der Waals surface area contributed by atoms with Crippen molar-refractivity contribution in [3.63, 3.8) is 0 Å². The fourth-order valence-corrected chi connectivity index (χ4v) is 2.40. The SMILES string of the molecule is Fc1ccc(-c2nn3c(c2Br)COCC3)nc1. The maximum atomic E-state index is 12.8. The number of nitrogens with zero attached hydrogens (tertiary/aromatic N) is 3. The van der Waals surface area contributed by atoms with Crippen molar-refractivity contribution < 1.29 is 9.13 Å². The highest BCUT2D eigenvalue weighted by Crippen LogP contribution is 2.30. The first-order valence-corrected chi connectivity index (χ1v) is 6.00. The number of pyridine rings is 1. The van der Waals surface area contributed by atoms with E-state index in [1.165, 1.54) is 12.3 Å². The molecule has 0 saturated heterocycles. The lowest BCUT2D eigenvalue weighted by Gasteiger charge is -2.13. The highest BCUT2D eigenvalue weighted by molar-refractivity contribution is 9.10. The molecule has 17 heavy (non-hydrogen) atoms. The molecule has 0 saturated carbocycles. The lowest BCUT2D eigenvalue weighted by atomic mass is 10.2. The minimum atomic E-state index is -0.350. The summed E-state index contributed by atoms with van der Waals surface area (Å²) < 4.78 is 21.0. The van der Waals surface area contributed by atoms with Crippen molar-refractivity contribution in [2.45, 2.75) is 13.2 Å². The maximum Gasteiger partial charge on any atom is 0.141 e. The van der Waals surface area contributed by atoms with Crippen LogP contribution in [0.4, 0.5) is 4.39 Å². The molecule has 0 radical (unpaired) electrons. The predicted octanol–water partition coefficient (Wildman–Crippen LogP) is 2.38. The molecule has 0 N–H and O–H groups in total. The molecule has 3 rings (SSSR count). The molecule has 4 nitrogen and oxygen atoms in total. The van der Waals surface area contributed by atoms with Crippen molar-refractivity contribution >= 4 is 15.9 Å². The summed E-state index contributed by atoms with van der Waals surface area (Å²) in [4.78, 5) is 4.03. The third kappa shape index (κ3) is 1.87. The Morgan fingerprint density at radius 3 is 3.00 bits per heavy atom. The van der Waals surface area contributed by atoms with Gasteiger partial charge in [0.15, 0.2) is 0 Å². The zero-order chi connectivity index (χ0) is 11.8. The van der Waals surface area contributed by atoms with Crippen LogP contribution < -0.4 is 0 Å². The van der Waals surface area contributed by atoms with Gasteiger partial charge in [0.2, 0.25) is 0 Å². The number of fused-ring (bicyclic) bond motifs is 1. The molecular formula is C11H9BrFN3O. The summed E-state index contributed by atoms with van der Waals surface area (Å²) in [6, 6.07) is 3.00. The van der Waals surface area contributed by atoms with Gasteiger partial charge >= 0.3 is 0 Å². The van der Waals surface area contributed by atoms with Gasteiger partial charge in [0.1, 0.15) is 11.5 Å². The molecule has 0 unspecified atom stereocenters. The van der Waals surface area contributed by atoms with E-state index in [0.717, 1.165) is 22.4 Å². The van der Waals surface area contributed by atoms with E-state index in [1.54, 1.807) is 6.07 Å². The first kappa shape index (κ1) is 10.9. The van der Waals surface area contributed by atoms with Crippen molar-refractivity contribution in [2.75, 3.05) is 6.61 Å². The Balaban J connectivity index is 2.09. The van der Waals surface area contributed by atoms with Gasteiger partial charge < -0.3 is 4.74 Å². The summed E-state index contributed by atoms with van der Waals surface area (Å²) in [5, 5.41) is 4.46. The summed E-state index contributed by atoms with van der Waals surface area (Å²) in [6.45, 7) is 1.93. The van der Waals surface area contributed by atoms with Gasteiger partial charge in [-0.1, -0.05) is 0 Å². The molecule has 0 bridgehead atoms. The number of hydrogen-bond acceptors (Lipinski definition) is 3. The van der Waals surface area contributed by atoms with Crippen LogP contribution in [0, 0.1) is 5.82 Å². The van der Waals surface area contributed by atoms with Gasteiger partial charge in [-0.25, -0.2) is 4.39 Å². The minimum Gasteiger partial charge on any atom is -0.373 e. The molecule has 1 aliphatic rings. The van der Waals surface area contributed by atoms with E-state index in [2.05, 4.69) is 26.0 Å². The molecule has 0 aliphatic carbocycles. The van der Waals surface area contributed by atoms with Crippen LogP contribution in [-0.4, -0.2) is 21.4 Å². The van der Waals surface area contributed by atoms with Gasteiger partial charge in [-0.3, -0.25) is 9.67 Å². The van der Waals surface area contributed by atoms with E-state index < -0.39 is 0 Å². The van der Waals surface area contributed by atoms with Crippen LogP contribution >= 0.6 is 15.9 Å². The standard InChI is InChI=1S/C11H9BrFN3O/c12-10-9-6-17-4-3-16(9)15-11(10)8-2-1-7(13)5-14-8/h1-2,5H,3-4,6H2. The lowest BCUT2D eigenvalue weighted by molar-refractivity contribution is 0.0796. The van der Waals surface area contributed by atoms with Crippen LogP contribution in [0.15, 0.2) is 22.8 Å². The summed E-state index contributed by atoms with van der Waals surface area (Å²) in [5.41, 5.74) is 2.38. The van der Waals surface area contributed by atoms with E-state index in [-0.39, 0.29) is 5.82 Å². The highest BCUT2D eigenvalue weighted by Gasteiger charge is 2.20. The molecule has 0 aromatic carbocycles. The number of hydrogen-bond donors (Lipinski definition) is 0. The Kier molecular flexibility index (Phi) is 2.68. The van der Waals surface area contributed by atoms with Gasteiger partial charge in [-0.2, -0.15) is 5.10 Å². The van der Waals surface area contributed by atoms with Crippen LogP contribution in [0.25, 0.3) is 11.4 Å². The average Bonchev–Trinajstić information content (AvgIpc) is 2.69. The van der Waals surface area contributed by atoms with Crippen LogP contribution in [-0.2, 0) is 17.9 Å². The van der Waals surface area contributed by atoms with Gasteiger partial charge in [0, 0.05) is 0 Å². The van der Waals surface area contributed by atoms with Crippen LogP contribution in [0.2, 0.25) is 0 Å². The van der Waals surface area contributed by atoms with E-state index in [1.807, 2.05) is 4.68 Å². The quantitative estimate of drug-likeness (QED) is 0.811. The van der Waals surface area contributed by atoms with Gasteiger partial charge in [-0.05, 0) is 28.1 Å². The molecule has 0 spiro atoms. The number of ether oxygens (including phenoxy) is 1. The largest absolute Gasteiger partial charge is 0.373 e. The van der Waals surface area contributed by atoms with E-state index >= 15 is 0 Å². The summed E-state index contributed by atoms with van der Waals surface area (Å²) in [5.74, 6) is -0.350. The summed E-state index contributed by atoms with van der Waals surface area (Å²) >= 11 is 3.50. The average molecular weight is 298 g/mol. The number of halogens is 2. The molecule has 0 fully saturated rings. The van der Waals surface area contributed by atoms with Crippen molar-refractivity contribution in [2.24, 2.45) is 0 Å². The Morgan fingerprint density at radius 2 is 2.29 bits per heavy atom. The minimum absolute atomic E-state index is 0.350.